The quantitative estimate of drug-likeness (QED) is 0.626. The van der Waals surface area contributed by atoms with E-state index < -0.39 is 0 Å². The summed E-state index contributed by atoms with van der Waals surface area (Å²) in [6.45, 7) is 7.57. The molecule has 2 aromatic heterocycles. The topological polar surface area (TPSA) is 76.4 Å². The minimum Gasteiger partial charge on any atom is -0.383 e. The molecule has 3 heterocycles. The van der Waals surface area contributed by atoms with Gasteiger partial charge in [-0.2, -0.15) is 0 Å². The van der Waals surface area contributed by atoms with Crippen molar-refractivity contribution in [1.29, 1.82) is 0 Å². The van der Waals surface area contributed by atoms with E-state index in [1.807, 2.05) is 37.5 Å². The van der Waals surface area contributed by atoms with Crippen LogP contribution in [0.5, 0.6) is 0 Å². The molecule has 1 saturated heterocycles. The van der Waals surface area contributed by atoms with Gasteiger partial charge in [0.15, 0.2) is 0 Å². The zero-order valence-corrected chi connectivity index (χ0v) is 16.9. The minimum atomic E-state index is -0.0243. The first kappa shape index (κ1) is 19.5. The van der Waals surface area contributed by atoms with Gasteiger partial charge in [-0.1, -0.05) is 0 Å². The molecule has 1 aromatic carbocycles. The van der Waals surface area contributed by atoms with Crippen molar-refractivity contribution in [2.75, 3.05) is 44.8 Å². The van der Waals surface area contributed by atoms with Crippen molar-refractivity contribution in [2.45, 2.75) is 20.0 Å². The standard InChI is InChI=1S/C21H26N6O2/c1-16-22-12-17(13-23-16)14-25-5-7-26(8-6-25)18-3-4-19-20(11-18)24-15-27(21(19)28)9-10-29-2/h3-4,11-13,15H,5-10,14H2,1-2H3. The Labute approximate surface area is 169 Å². The molecule has 8 heteroatoms. The molecule has 1 fully saturated rings. The predicted molar refractivity (Wildman–Crippen MR) is 112 cm³/mol. The van der Waals surface area contributed by atoms with Crippen LogP contribution in [-0.2, 0) is 17.8 Å². The molecule has 29 heavy (non-hydrogen) atoms. The second-order valence-corrected chi connectivity index (χ2v) is 7.34. The third-order valence-electron chi connectivity index (χ3n) is 5.32. The first-order valence-corrected chi connectivity index (χ1v) is 9.87. The third kappa shape index (κ3) is 4.44. The Morgan fingerprint density at radius 2 is 1.83 bits per heavy atom. The highest BCUT2D eigenvalue weighted by atomic mass is 16.5. The van der Waals surface area contributed by atoms with Gasteiger partial charge in [-0.3, -0.25) is 14.3 Å². The number of hydrogen-bond acceptors (Lipinski definition) is 7. The molecule has 1 aliphatic heterocycles. The molecular weight excluding hydrogens is 368 g/mol. The molecule has 0 atom stereocenters. The van der Waals surface area contributed by atoms with Gasteiger partial charge in [0, 0.05) is 63.5 Å². The first-order valence-electron chi connectivity index (χ1n) is 9.87. The lowest BCUT2D eigenvalue weighted by Crippen LogP contribution is -2.46. The van der Waals surface area contributed by atoms with E-state index >= 15 is 0 Å². The first-order chi connectivity index (χ1) is 14.1. The van der Waals surface area contributed by atoms with Crippen LogP contribution in [0.15, 0.2) is 41.7 Å². The minimum absolute atomic E-state index is 0.0243. The molecule has 0 amide bonds. The molecule has 0 radical (unpaired) electrons. The fourth-order valence-corrected chi connectivity index (χ4v) is 3.62. The molecule has 4 rings (SSSR count). The Morgan fingerprint density at radius 1 is 1.07 bits per heavy atom. The van der Waals surface area contributed by atoms with Crippen LogP contribution in [0.1, 0.15) is 11.4 Å². The molecule has 0 unspecified atom stereocenters. The highest BCUT2D eigenvalue weighted by Gasteiger charge is 2.18. The Bertz CT molecular complexity index is 1030. The van der Waals surface area contributed by atoms with Crippen molar-refractivity contribution in [3.63, 3.8) is 0 Å². The van der Waals surface area contributed by atoms with Crippen molar-refractivity contribution in [3.05, 3.63) is 58.7 Å². The number of ether oxygens (including phenoxy) is 1. The lowest BCUT2D eigenvalue weighted by Gasteiger charge is -2.36. The third-order valence-corrected chi connectivity index (χ3v) is 5.32. The number of hydrogen-bond donors (Lipinski definition) is 0. The summed E-state index contributed by atoms with van der Waals surface area (Å²) in [6.07, 6.45) is 5.42. The SMILES string of the molecule is COCCn1cnc2cc(N3CCN(Cc4cnc(C)nc4)CC3)ccc2c1=O. The summed E-state index contributed by atoms with van der Waals surface area (Å²) >= 11 is 0. The van der Waals surface area contributed by atoms with Crippen LogP contribution in [-0.4, -0.2) is 64.3 Å². The van der Waals surface area contributed by atoms with Gasteiger partial charge in [0.05, 0.1) is 30.4 Å². The zero-order valence-electron chi connectivity index (χ0n) is 16.9. The molecule has 152 valence electrons. The van der Waals surface area contributed by atoms with E-state index in [4.69, 9.17) is 4.74 Å². The summed E-state index contributed by atoms with van der Waals surface area (Å²) in [6, 6.07) is 5.93. The van der Waals surface area contributed by atoms with Crippen LogP contribution in [0, 0.1) is 6.92 Å². The van der Waals surface area contributed by atoms with Crippen LogP contribution in [0.3, 0.4) is 0 Å². The van der Waals surface area contributed by atoms with E-state index in [-0.39, 0.29) is 5.56 Å². The number of aryl methyl sites for hydroxylation is 1. The molecule has 0 spiro atoms. The maximum Gasteiger partial charge on any atom is 0.261 e. The predicted octanol–water partition coefficient (Wildman–Crippen LogP) is 1.46. The van der Waals surface area contributed by atoms with E-state index in [0.717, 1.165) is 55.3 Å². The van der Waals surface area contributed by atoms with Crippen molar-refractivity contribution in [3.8, 4) is 0 Å². The number of nitrogens with zero attached hydrogens (tertiary/aromatic N) is 6. The number of aromatic nitrogens is 4. The van der Waals surface area contributed by atoms with Gasteiger partial charge in [-0.05, 0) is 25.1 Å². The normalized spacial score (nSPS) is 15.2. The maximum absolute atomic E-state index is 12.6. The van der Waals surface area contributed by atoms with E-state index in [1.165, 1.54) is 0 Å². The summed E-state index contributed by atoms with van der Waals surface area (Å²) in [5, 5.41) is 0.644. The number of rotatable bonds is 6. The second kappa shape index (κ2) is 8.67. The fourth-order valence-electron chi connectivity index (χ4n) is 3.62. The van der Waals surface area contributed by atoms with Gasteiger partial charge in [0.1, 0.15) is 5.82 Å². The summed E-state index contributed by atoms with van der Waals surface area (Å²) < 4.78 is 6.65. The largest absolute Gasteiger partial charge is 0.383 e. The average Bonchev–Trinajstić information content (AvgIpc) is 2.75. The highest BCUT2D eigenvalue weighted by Crippen LogP contribution is 2.21. The smallest absolute Gasteiger partial charge is 0.261 e. The summed E-state index contributed by atoms with van der Waals surface area (Å²) in [7, 11) is 1.63. The molecule has 1 aliphatic rings. The fraction of sp³-hybridized carbons (Fsp3) is 0.429. The van der Waals surface area contributed by atoms with E-state index in [0.29, 0.717) is 18.5 Å². The summed E-state index contributed by atoms with van der Waals surface area (Å²) in [4.78, 5) is 30.4. The van der Waals surface area contributed by atoms with Crippen LogP contribution < -0.4 is 10.5 Å². The van der Waals surface area contributed by atoms with Gasteiger partial charge in [-0.15, -0.1) is 0 Å². The van der Waals surface area contributed by atoms with Gasteiger partial charge in [-0.25, -0.2) is 15.0 Å². The van der Waals surface area contributed by atoms with Gasteiger partial charge >= 0.3 is 0 Å². The number of anilines is 1. The monoisotopic (exact) mass is 394 g/mol. The van der Waals surface area contributed by atoms with E-state index in [1.54, 1.807) is 18.0 Å². The van der Waals surface area contributed by atoms with Crippen LogP contribution in [0.2, 0.25) is 0 Å². The van der Waals surface area contributed by atoms with Crippen LogP contribution in [0.4, 0.5) is 5.69 Å². The number of fused-ring (bicyclic) bond motifs is 1. The Balaban J connectivity index is 1.42. The molecule has 0 saturated carbocycles. The van der Waals surface area contributed by atoms with Gasteiger partial charge < -0.3 is 9.64 Å². The molecule has 3 aromatic rings. The number of piperazine rings is 1. The van der Waals surface area contributed by atoms with Crippen molar-refractivity contribution < 1.29 is 4.74 Å². The zero-order chi connectivity index (χ0) is 20.2. The van der Waals surface area contributed by atoms with Gasteiger partial charge in [0.2, 0.25) is 0 Å². The number of methoxy groups -OCH3 is 1. The van der Waals surface area contributed by atoms with E-state index in [9.17, 15) is 4.79 Å². The second-order valence-electron chi connectivity index (χ2n) is 7.34. The van der Waals surface area contributed by atoms with Crippen molar-refractivity contribution in [2.24, 2.45) is 0 Å². The highest BCUT2D eigenvalue weighted by molar-refractivity contribution is 5.81. The number of benzene rings is 1. The molecule has 0 bridgehead atoms. The van der Waals surface area contributed by atoms with Gasteiger partial charge in [0.25, 0.3) is 5.56 Å². The Kier molecular flexibility index (Phi) is 5.82. The van der Waals surface area contributed by atoms with E-state index in [2.05, 4.69) is 24.8 Å². The Hall–Kier alpha value is -2.84. The summed E-state index contributed by atoms with van der Waals surface area (Å²) in [5.41, 5.74) is 2.96. The van der Waals surface area contributed by atoms with Crippen LogP contribution >= 0.6 is 0 Å². The molecule has 0 aliphatic carbocycles. The lowest BCUT2D eigenvalue weighted by molar-refractivity contribution is 0.186. The van der Waals surface area contributed by atoms with Crippen molar-refractivity contribution >= 4 is 16.6 Å². The molecular formula is C21H26N6O2. The maximum atomic E-state index is 12.6. The average molecular weight is 394 g/mol. The summed E-state index contributed by atoms with van der Waals surface area (Å²) in [5.74, 6) is 0.800. The van der Waals surface area contributed by atoms with Crippen molar-refractivity contribution in [1.82, 2.24) is 24.4 Å². The molecule has 0 N–H and O–H groups in total. The van der Waals surface area contributed by atoms with Crippen LogP contribution in [0.25, 0.3) is 10.9 Å². The Morgan fingerprint density at radius 3 is 2.55 bits per heavy atom. The molecule has 8 nitrogen and oxygen atoms in total. The lowest BCUT2D eigenvalue weighted by atomic mass is 10.2.